The number of ketones is 1. The van der Waals surface area contributed by atoms with E-state index in [9.17, 15) is 19.2 Å². The van der Waals surface area contributed by atoms with Crippen LogP contribution in [-0.2, 0) is 9.59 Å². The molecule has 3 amide bonds. The molecule has 0 aliphatic carbocycles. The number of fused-ring (bicyclic) bond motifs is 1. The summed E-state index contributed by atoms with van der Waals surface area (Å²) >= 11 is 0. The average Bonchev–Trinajstić information content (AvgIpc) is 2.67. The highest BCUT2D eigenvalue weighted by atomic mass is 16.5. The minimum absolute atomic E-state index is 0.160. The Morgan fingerprint density at radius 2 is 1.75 bits per heavy atom. The molecule has 3 rings (SSSR count). The first-order chi connectivity index (χ1) is 13.3. The number of rotatable bonds is 5. The normalized spacial score (nSPS) is 13.9. The molecule has 1 aliphatic heterocycles. The van der Waals surface area contributed by atoms with E-state index in [0.29, 0.717) is 28.3 Å². The van der Waals surface area contributed by atoms with E-state index in [2.05, 4.69) is 5.32 Å². The summed E-state index contributed by atoms with van der Waals surface area (Å²) in [6.45, 7) is 2.81. The molecule has 2 aromatic carbocycles. The van der Waals surface area contributed by atoms with Crippen LogP contribution in [0.4, 0.5) is 11.4 Å². The van der Waals surface area contributed by atoms with Crippen LogP contribution in [0.3, 0.4) is 0 Å². The van der Waals surface area contributed by atoms with E-state index in [-0.39, 0.29) is 18.3 Å². The van der Waals surface area contributed by atoms with Crippen LogP contribution in [0, 0.1) is 0 Å². The maximum atomic E-state index is 12.7. The average molecular weight is 381 g/mol. The third-order valence-electron chi connectivity index (χ3n) is 4.45. The van der Waals surface area contributed by atoms with Crippen molar-refractivity contribution in [3.63, 3.8) is 0 Å². The predicted octanol–water partition coefficient (Wildman–Crippen LogP) is 1.74. The van der Waals surface area contributed by atoms with Crippen LogP contribution in [0.2, 0.25) is 0 Å². The van der Waals surface area contributed by atoms with Crippen LogP contribution < -0.4 is 20.7 Å². The van der Waals surface area contributed by atoms with E-state index in [1.165, 1.54) is 24.0 Å². The van der Waals surface area contributed by atoms with Crippen molar-refractivity contribution in [3.05, 3.63) is 53.6 Å². The van der Waals surface area contributed by atoms with Gasteiger partial charge in [0.25, 0.3) is 5.91 Å². The van der Waals surface area contributed by atoms with Gasteiger partial charge in [-0.15, -0.1) is 0 Å². The zero-order valence-electron chi connectivity index (χ0n) is 15.4. The summed E-state index contributed by atoms with van der Waals surface area (Å²) in [5.41, 5.74) is 6.76. The minimum atomic E-state index is -0.854. The zero-order chi connectivity index (χ0) is 20.4. The van der Waals surface area contributed by atoms with Crippen LogP contribution in [0.5, 0.6) is 5.75 Å². The molecular formula is C20H19N3O5. The van der Waals surface area contributed by atoms with Crippen molar-refractivity contribution >= 4 is 34.9 Å². The number of hydrogen-bond donors (Lipinski definition) is 2. The summed E-state index contributed by atoms with van der Waals surface area (Å²) in [7, 11) is 0. The van der Waals surface area contributed by atoms with E-state index in [1.54, 1.807) is 37.3 Å². The fourth-order valence-corrected chi connectivity index (χ4v) is 2.90. The highest BCUT2D eigenvalue weighted by Crippen LogP contribution is 2.34. The molecule has 0 spiro atoms. The molecule has 3 N–H and O–H groups in total. The number of ether oxygens (including phenoxy) is 1. The number of Topliss-reactive ketones (excluding diaryl/α,β-unsaturated/α-hetero) is 1. The summed E-state index contributed by atoms with van der Waals surface area (Å²) in [6, 6.07) is 10.0. The van der Waals surface area contributed by atoms with Crippen LogP contribution in [0.25, 0.3) is 0 Å². The van der Waals surface area contributed by atoms with Crippen molar-refractivity contribution in [1.82, 2.24) is 0 Å². The molecule has 0 fully saturated rings. The molecular weight excluding hydrogens is 362 g/mol. The Balaban J connectivity index is 1.85. The van der Waals surface area contributed by atoms with Gasteiger partial charge in [-0.1, -0.05) is 0 Å². The van der Waals surface area contributed by atoms with E-state index in [1.807, 2.05) is 0 Å². The van der Waals surface area contributed by atoms with Crippen molar-refractivity contribution < 1.29 is 23.9 Å². The lowest BCUT2D eigenvalue weighted by molar-refractivity contribution is -0.125. The van der Waals surface area contributed by atoms with Crippen molar-refractivity contribution in [1.29, 1.82) is 0 Å². The minimum Gasteiger partial charge on any atom is -0.482 e. The highest BCUT2D eigenvalue weighted by Gasteiger charge is 2.33. The van der Waals surface area contributed by atoms with Crippen LogP contribution in [0.15, 0.2) is 42.5 Å². The SMILES string of the molecule is CC(=O)c1ccc2c(c1)N(C(C)C(=O)Nc1ccc(C(N)=O)cc1)C(=O)CO2. The smallest absolute Gasteiger partial charge is 0.265 e. The van der Waals surface area contributed by atoms with Gasteiger partial charge in [0.2, 0.25) is 11.8 Å². The van der Waals surface area contributed by atoms with Gasteiger partial charge in [0.1, 0.15) is 11.8 Å². The molecule has 0 aromatic heterocycles. The monoisotopic (exact) mass is 381 g/mol. The van der Waals surface area contributed by atoms with Gasteiger partial charge in [0.15, 0.2) is 12.4 Å². The Morgan fingerprint density at radius 1 is 1.11 bits per heavy atom. The van der Waals surface area contributed by atoms with Crippen molar-refractivity contribution in [3.8, 4) is 5.75 Å². The second-order valence-corrected chi connectivity index (χ2v) is 6.40. The van der Waals surface area contributed by atoms with Gasteiger partial charge in [-0.2, -0.15) is 0 Å². The molecule has 0 bridgehead atoms. The number of nitrogens with one attached hydrogen (secondary N) is 1. The fraction of sp³-hybridized carbons (Fsp3) is 0.200. The maximum Gasteiger partial charge on any atom is 0.265 e. The van der Waals surface area contributed by atoms with Crippen molar-refractivity contribution in [2.24, 2.45) is 5.73 Å². The first kappa shape index (κ1) is 19.1. The number of carbonyl (C=O) groups is 4. The number of nitrogens with zero attached hydrogens (tertiary/aromatic N) is 1. The molecule has 1 aliphatic rings. The summed E-state index contributed by atoms with van der Waals surface area (Å²) in [5.74, 6) is -1.12. The fourth-order valence-electron chi connectivity index (χ4n) is 2.90. The molecule has 0 radical (unpaired) electrons. The first-order valence-electron chi connectivity index (χ1n) is 8.58. The number of carbonyl (C=O) groups excluding carboxylic acids is 4. The van der Waals surface area contributed by atoms with E-state index < -0.39 is 17.9 Å². The van der Waals surface area contributed by atoms with E-state index in [4.69, 9.17) is 10.5 Å². The van der Waals surface area contributed by atoms with Crippen LogP contribution in [0.1, 0.15) is 34.6 Å². The topological polar surface area (TPSA) is 119 Å². The summed E-state index contributed by atoms with van der Waals surface area (Å²) in [5, 5.41) is 2.70. The zero-order valence-corrected chi connectivity index (χ0v) is 15.4. The quantitative estimate of drug-likeness (QED) is 0.765. The molecule has 2 aromatic rings. The van der Waals surface area contributed by atoms with Gasteiger partial charge in [-0.05, 0) is 56.3 Å². The van der Waals surface area contributed by atoms with Gasteiger partial charge in [0.05, 0.1) is 5.69 Å². The predicted molar refractivity (Wildman–Crippen MR) is 102 cm³/mol. The lowest BCUT2D eigenvalue weighted by atomic mass is 10.1. The van der Waals surface area contributed by atoms with Gasteiger partial charge in [0, 0.05) is 16.8 Å². The second-order valence-electron chi connectivity index (χ2n) is 6.40. The number of nitrogens with two attached hydrogens (primary N) is 1. The molecule has 0 saturated heterocycles. The number of primary amides is 1. The molecule has 1 heterocycles. The largest absolute Gasteiger partial charge is 0.482 e. The molecule has 0 saturated carbocycles. The lowest BCUT2D eigenvalue weighted by Crippen LogP contribution is -2.49. The lowest BCUT2D eigenvalue weighted by Gasteiger charge is -2.33. The third-order valence-corrected chi connectivity index (χ3v) is 4.45. The van der Waals surface area contributed by atoms with E-state index >= 15 is 0 Å². The summed E-state index contributed by atoms with van der Waals surface area (Å²) in [4.78, 5) is 49.3. The van der Waals surface area contributed by atoms with E-state index in [0.717, 1.165) is 0 Å². The van der Waals surface area contributed by atoms with Gasteiger partial charge < -0.3 is 15.8 Å². The number of benzene rings is 2. The van der Waals surface area contributed by atoms with Crippen molar-refractivity contribution in [2.75, 3.05) is 16.8 Å². The highest BCUT2D eigenvalue weighted by molar-refractivity contribution is 6.08. The third kappa shape index (κ3) is 3.71. The second kappa shape index (κ2) is 7.51. The van der Waals surface area contributed by atoms with Gasteiger partial charge in [-0.25, -0.2) is 0 Å². The Morgan fingerprint density at radius 3 is 2.36 bits per heavy atom. The first-order valence-corrected chi connectivity index (χ1v) is 8.58. The Labute approximate surface area is 161 Å². The van der Waals surface area contributed by atoms with Crippen molar-refractivity contribution in [2.45, 2.75) is 19.9 Å². The number of amides is 3. The van der Waals surface area contributed by atoms with Gasteiger partial charge in [-0.3, -0.25) is 24.1 Å². The number of anilines is 2. The Bertz CT molecular complexity index is 968. The molecule has 144 valence electrons. The molecule has 28 heavy (non-hydrogen) atoms. The maximum absolute atomic E-state index is 12.7. The Kier molecular flexibility index (Phi) is 5.12. The Hall–Kier alpha value is -3.68. The summed E-state index contributed by atoms with van der Waals surface area (Å²) in [6.07, 6.45) is 0. The standard InChI is InChI=1S/C20H19N3O5/c1-11(20(27)22-15-6-3-13(4-7-15)19(21)26)23-16-9-14(12(2)24)5-8-17(16)28-10-18(23)25/h3-9,11H,10H2,1-2H3,(H2,21,26)(H,22,27). The van der Waals surface area contributed by atoms with Gasteiger partial charge >= 0.3 is 0 Å². The molecule has 8 heteroatoms. The molecule has 1 unspecified atom stereocenters. The molecule has 1 atom stereocenters. The van der Waals surface area contributed by atoms with Crippen LogP contribution in [-0.4, -0.2) is 36.2 Å². The summed E-state index contributed by atoms with van der Waals surface area (Å²) < 4.78 is 5.41. The number of hydrogen-bond acceptors (Lipinski definition) is 5. The molecule has 8 nitrogen and oxygen atoms in total. The van der Waals surface area contributed by atoms with Crippen LogP contribution >= 0.6 is 0 Å².